The van der Waals surface area contributed by atoms with Gasteiger partial charge in [-0.3, -0.25) is 19.6 Å². The molecule has 1 amide bonds. The highest BCUT2D eigenvalue weighted by molar-refractivity contribution is 5.79. The average Bonchev–Trinajstić information content (AvgIpc) is 2.86. The molecule has 7 heteroatoms. The molecule has 2 aromatic heterocycles. The van der Waals surface area contributed by atoms with E-state index in [0.29, 0.717) is 5.88 Å². The van der Waals surface area contributed by atoms with E-state index in [1.165, 1.54) is 24.8 Å². The van der Waals surface area contributed by atoms with Gasteiger partial charge in [-0.1, -0.05) is 18.9 Å². The molecule has 0 spiro atoms. The molecule has 32 heavy (non-hydrogen) atoms. The monoisotopic (exact) mass is 437 g/mol. The number of carbonyl (C=O) groups is 1. The maximum absolute atomic E-state index is 13.1. The molecule has 2 saturated heterocycles. The van der Waals surface area contributed by atoms with Crippen molar-refractivity contribution in [2.75, 3.05) is 33.3 Å². The lowest BCUT2D eigenvalue weighted by atomic mass is 9.88. The molecule has 1 N–H and O–H groups in total. The highest BCUT2D eigenvalue weighted by Crippen LogP contribution is 2.27. The number of hydrogen-bond acceptors (Lipinski definition) is 6. The summed E-state index contributed by atoms with van der Waals surface area (Å²) < 4.78 is 5.30. The van der Waals surface area contributed by atoms with Crippen LogP contribution in [0.4, 0.5) is 0 Å². The van der Waals surface area contributed by atoms with Crippen LogP contribution in [0.25, 0.3) is 0 Å². The van der Waals surface area contributed by atoms with Gasteiger partial charge in [0, 0.05) is 50.7 Å². The molecular weight excluding hydrogens is 402 g/mol. The van der Waals surface area contributed by atoms with Gasteiger partial charge in [0.1, 0.15) is 0 Å². The van der Waals surface area contributed by atoms with E-state index in [0.717, 1.165) is 57.8 Å². The predicted molar refractivity (Wildman–Crippen MR) is 124 cm³/mol. The van der Waals surface area contributed by atoms with Gasteiger partial charge in [0.15, 0.2) is 0 Å². The Bertz CT molecular complexity index is 862. The van der Waals surface area contributed by atoms with Crippen molar-refractivity contribution in [3.8, 4) is 5.88 Å². The Morgan fingerprint density at radius 1 is 1.06 bits per heavy atom. The zero-order valence-electron chi connectivity index (χ0n) is 19.1. The Labute approximate surface area is 191 Å². The smallest absolute Gasteiger partial charge is 0.224 e. The third kappa shape index (κ3) is 6.04. The summed E-state index contributed by atoms with van der Waals surface area (Å²) in [6, 6.07) is 10.3. The van der Waals surface area contributed by atoms with Crippen molar-refractivity contribution in [3.05, 3.63) is 54.0 Å². The number of ether oxygens (including phenoxy) is 1. The molecule has 2 aliphatic heterocycles. The number of hydrogen-bond donors (Lipinski definition) is 1. The van der Waals surface area contributed by atoms with E-state index >= 15 is 0 Å². The van der Waals surface area contributed by atoms with Gasteiger partial charge in [0.2, 0.25) is 11.8 Å². The first-order chi connectivity index (χ1) is 15.7. The van der Waals surface area contributed by atoms with Gasteiger partial charge in [-0.25, -0.2) is 4.98 Å². The van der Waals surface area contributed by atoms with Crippen LogP contribution < -0.4 is 10.1 Å². The lowest BCUT2D eigenvalue weighted by Gasteiger charge is -2.43. The van der Waals surface area contributed by atoms with Crippen molar-refractivity contribution in [1.82, 2.24) is 25.1 Å². The van der Waals surface area contributed by atoms with Crippen LogP contribution in [-0.2, 0) is 17.9 Å². The Morgan fingerprint density at radius 2 is 1.91 bits per heavy atom. The minimum atomic E-state index is 0.0180. The quantitative estimate of drug-likeness (QED) is 0.776. The standard InChI is InChI=1S/C25H35N5O2/c1-32-24-8-6-7-21(28-24)18-29-16-11-22-23(19-29)30(17-20-9-13-26-14-10-20)15-5-3-2-4-12-27-25(22)31/h6-10,13-14,22-23H,2-5,11-12,15-19H2,1H3,(H,27,31)/t22-,23-/m1/s1. The Hall–Kier alpha value is -2.51. The van der Waals surface area contributed by atoms with E-state index in [9.17, 15) is 4.79 Å². The molecule has 0 radical (unpaired) electrons. The summed E-state index contributed by atoms with van der Waals surface area (Å²) in [4.78, 5) is 26.9. The molecule has 2 aromatic rings. The van der Waals surface area contributed by atoms with E-state index in [2.05, 4.69) is 37.2 Å². The maximum atomic E-state index is 13.1. The molecule has 4 heterocycles. The number of piperidine rings is 1. The van der Waals surface area contributed by atoms with Crippen molar-refractivity contribution in [3.63, 3.8) is 0 Å². The van der Waals surface area contributed by atoms with E-state index in [1.807, 2.05) is 30.6 Å². The number of nitrogens with one attached hydrogen (secondary N) is 1. The normalized spacial score (nSPS) is 23.6. The van der Waals surface area contributed by atoms with Gasteiger partial charge in [0.25, 0.3) is 0 Å². The van der Waals surface area contributed by atoms with Gasteiger partial charge in [-0.05, 0) is 56.1 Å². The fraction of sp³-hybridized carbons (Fsp3) is 0.560. The number of rotatable bonds is 5. The zero-order valence-corrected chi connectivity index (χ0v) is 19.1. The first-order valence-corrected chi connectivity index (χ1v) is 11.9. The summed E-state index contributed by atoms with van der Waals surface area (Å²) in [7, 11) is 1.65. The largest absolute Gasteiger partial charge is 0.481 e. The van der Waals surface area contributed by atoms with Gasteiger partial charge in [0.05, 0.1) is 18.7 Å². The first-order valence-electron chi connectivity index (χ1n) is 11.9. The number of carbonyl (C=O) groups excluding carboxylic acids is 1. The first kappa shape index (κ1) is 22.7. The molecule has 2 aliphatic rings. The number of amides is 1. The zero-order chi connectivity index (χ0) is 22.2. The lowest BCUT2D eigenvalue weighted by Crippen LogP contribution is -2.56. The SMILES string of the molecule is COc1cccc(CN2CC[C@H]3C(=O)NCCCCCCN(Cc4ccncc4)[C@@H]3C2)n1. The molecule has 2 fully saturated rings. The number of aromatic nitrogens is 2. The molecule has 172 valence electrons. The average molecular weight is 438 g/mol. The molecule has 0 saturated carbocycles. The molecule has 0 bridgehead atoms. The van der Waals surface area contributed by atoms with Crippen molar-refractivity contribution in [2.24, 2.45) is 5.92 Å². The topological polar surface area (TPSA) is 70.6 Å². The Balaban J connectivity index is 1.54. The summed E-state index contributed by atoms with van der Waals surface area (Å²) in [5, 5.41) is 3.22. The number of methoxy groups -OCH3 is 1. The van der Waals surface area contributed by atoms with Crippen LogP contribution in [-0.4, -0.2) is 65.0 Å². The van der Waals surface area contributed by atoms with E-state index < -0.39 is 0 Å². The molecule has 2 atom stereocenters. The van der Waals surface area contributed by atoms with Crippen molar-refractivity contribution in [2.45, 2.75) is 51.2 Å². The highest BCUT2D eigenvalue weighted by Gasteiger charge is 2.37. The Morgan fingerprint density at radius 3 is 2.75 bits per heavy atom. The number of fused-ring (bicyclic) bond motifs is 1. The second kappa shape index (κ2) is 11.4. The molecular formula is C25H35N5O2. The number of pyridine rings is 2. The second-order valence-corrected chi connectivity index (χ2v) is 8.90. The van der Waals surface area contributed by atoms with Crippen LogP contribution in [0.5, 0.6) is 5.88 Å². The van der Waals surface area contributed by atoms with Crippen molar-refractivity contribution < 1.29 is 9.53 Å². The summed E-state index contributed by atoms with van der Waals surface area (Å²) in [6.07, 6.45) is 9.19. The lowest BCUT2D eigenvalue weighted by molar-refractivity contribution is -0.129. The summed E-state index contributed by atoms with van der Waals surface area (Å²) in [5.74, 6) is 0.881. The fourth-order valence-electron chi connectivity index (χ4n) is 4.93. The number of likely N-dealkylation sites (tertiary alicyclic amines) is 1. The summed E-state index contributed by atoms with van der Waals surface area (Å²) in [5.41, 5.74) is 2.25. The minimum absolute atomic E-state index is 0.0180. The molecule has 0 unspecified atom stereocenters. The van der Waals surface area contributed by atoms with Gasteiger partial charge in [-0.15, -0.1) is 0 Å². The molecule has 0 aliphatic carbocycles. The van der Waals surface area contributed by atoms with Crippen LogP contribution >= 0.6 is 0 Å². The van der Waals surface area contributed by atoms with E-state index in [-0.39, 0.29) is 17.9 Å². The third-order valence-corrected chi connectivity index (χ3v) is 6.65. The van der Waals surface area contributed by atoms with Crippen LogP contribution in [0.15, 0.2) is 42.7 Å². The van der Waals surface area contributed by atoms with Crippen LogP contribution in [0.2, 0.25) is 0 Å². The summed E-state index contributed by atoms with van der Waals surface area (Å²) in [6.45, 7) is 5.19. The molecule has 4 rings (SSSR count). The van der Waals surface area contributed by atoms with Crippen LogP contribution in [0, 0.1) is 5.92 Å². The number of nitrogens with zero attached hydrogens (tertiary/aromatic N) is 4. The van der Waals surface area contributed by atoms with Gasteiger partial charge >= 0.3 is 0 Å². The van der Waals surface area contributed by atoms with Crippen molar-refractivity contribution >= 4 is 5.91 Å². The summed E-state index contributed by atoms with van der Waals surface area (Å²) >= 11 is 0. The van der Waals surface area contributed by atoms with Gasteiger partial charge in [-0.2, -0.15) is 0 Å². The van der Waals surface area contributed by atoms with Crippen LogP contribution in [0.3, 0.4) is 0 Å². The second-order valence-electron chi connectivity index (χ2n) is 8.90. The van der Waals surface area contributed by atoms with Crippen LogP contribution in [0.1, 0.15) is 43.4 Å². The third-order valence-electron chi connectivity index (χ3n) is 6.65. The van der Waals surface area contributed by atoms with Crippen molar-refractivity contribution in [1.29, 1.82) is 0 Å². The highest BCUT2D eigenvalue weighted by atomic mass is 16.5. The maximum Gasteiger partial charge on any atom is 0.224 e. The van der Waals surface area contributed by atoms with Gasteiger partial charge < -0.3 is 10.1 Å². The fourth-order valence-corrected chi connectivity index (χ4v) is 4.93. The molecule has 0 aromatic carbocycles. The molecule has 7 nitrogen and oxygen atoms in total. The Kier molecular flexibility index (Phi) is 8.07. The van der Waals surface area contributed by atoms with E-state index in [1.54, 1.807) is 7.11 Å². The van der Waals surface area contributed by atoms with E-state index in [4.69, 9.17) is 4.74 Å². The minimum Gasteiger partial charge on any atom is -0.481 e. The predicted octanol–water partition coefficient (Wildman–Crippen LogP) is 2.87.